The molecule has 1 amide bonds. The van der Waals surface area contributed by atoms with Gasteiger partial charge in [-0.25, -0.2) is 0 Å². The summed E-state index contributed by atoms with van der Waals surface area (Å²) in [6, 6.07) is 14.2. The maximum absolute atomic E-state index is 12.4. The van der Waals surface area contributed by atoms with Gasteiger partial charge in [0.15, 0.2) is 0 Å². The maximum Gasteiger partial charge on any atom is 0.225 e. The first kappa shape index (κ1) is 19.2. The second kappa shape index (κ2) is 8.91. The number of ether oxygens (including phenoxy) is 1. The van der Waals surface area contributed by atoms with Gasteiger partial charge in [-0.1, -0.05) is 30.3 Å². The number of nitrogens with one attached hydrogen (secondary N) is 1. The third kappa shape index (κ3) is 4.80. The molecule has 1 saturated heterocycles. The summed E-state index contributed by atoms with van der Waals surface area (Å²) in [7, 11) is 1.71. The molecule has 2 aromatic rings. The number of rotatable bonds is 6. The molecule has 1 aliphatic rings. The molecule has 1 N–H and O–H groups in total. The molecule has 0 bridgehead atoms. The molecule has 5 nitrogen and oxygen atoms in total. The van der Waals surface area contributed by atoms with Gasteiger partial charge in [0, 0.05) is 44.8 Å². The average molecular weight is 367 g/mol. The van der Waals surface area contributed by atoms with Crippen LogP contribution in [0.5, 0.6) is 5.75 Å². The molecule has 3 rings (SSSR count). The first-order valence-electron chi connectivity index (χ1n) is 9.55. The van der Waals surface area contributed by atoms with E-state index in [4.69, 9.17) is 4.74 Å². The van der Waals surface area contributed by atoms with Crippen LogP contribution in [0, 0.1) is 13.8 Å². The average Bonchev–Trinajstić information content (AvgIpc) is 2.69. The fraction of sp³-hybridized carbons (Fsp3) is 0.409. The number of benzene rings is 2. The third-order valence-corrected chi connectivity index (χ3v) is 5.20. The molecule has 0 aliphatic carbocycles. The van der Waals surface area contributed by atoms with Crippen LogP contribution in [0.15, 0.2) is 42.5 Å². The van der Waals surface area contributed by atoms with Crippen LogP contribution in [-0.2, 0) is 4.79 Å². The Kier molecular flexibility index (Phi) is 6.35. The number of carbonyl (C=O) groups is 1. The van der Waals surface area contributed by atoms with Crippen molar-refractivity contribution in [2.45, 2.75) is 20.3 Å². The summed E-state index contributed by atoms with van der Waals surface area (Å²) in [6.07, 6.45) is 0.516. The van der Waals surface area contributed by atoms with Gasteiger partial charge in [-0.3, -0.25) is 9.69 Å². The number of amides is 1. The first-order valence-corrected chi connectivity index (χ1v) is 9.55. The number of methoxy groups -OCH3 is 1. The molecule has 0 atom stereocenters. The van der Waals surface area contributed by atoms with E-state index >= 15 is 0 Å². The lowest BCUT2D eigenvalue weighted by Gasteiger charge is -2.36. The van der Waals surface area contributed by atoms with Crippen molar-refractivity contribution in [2.24, 2.45) is 0 Å². The van der Waals surface area contributed by atoms with Crippen molar-refractivity contribution in [3.63, 3.8) is 0 Å². The zero-order valence-electron chi connectivity index (χ0n) is 16.5. The molecule has 2 aromatic carbocycles. The predicted molar refractivity (Wildman–Crippen MR) is 111 cm³/mol. The van der Waals surface area contributed by atoms with Crippen molar-refractivity contribution in [3.8, 4) is 5.75 Å². The molecule has 5 heteroatoms. The van der Waals surface area contributed by atoms with E-state index in [1.165, 1.54) is 0 Å². The quantitative estimate of drug-likeness (QED) is 0.849. The van der Waals surface area contributed by atoms with Crippen LogP contribution in [-0.4, -0.2) is 50.6 Å². The van der Waals surface area contributed by atoms with Crippen LogP contribution in [0.25, 0.3) is 0 Å². The number of aryl methyl sites for hydroxylation is 2. The highest BCUT2D eigenvalue weighted by Gasteiger charge is 2.20. The van der Waals surface area contributed by atoms with Gasteiger partial charge in [-0.05, 0) is 37.1 Å². The van der Waals surface area contributed by atoms with Gasteiger partial charge in [-0.2, -0.15) is 0 Å². The number of nitrogens with zero attached hydrogens (tertiary/aromatic N) is 2. The fourth-order valence-corrected chi connectivity index (χ4v) is 3.58. The Balaban J connectivity index is 1.48. The fourth-order valence-electron chi connectivity index (χ4n) is 3.58. The van der Waals surface area contributed by atoms with E-state index in [0.717, 1.165) is 61.0 Å². The molecule has 1 fully saturated rings. The Hall–Kier alpha value is -2.53. The summed E-state index contributed by atoms with van der Waals surface area (Å²) in [5.74, 6) is 0.999. The maximum atomic E-state index is 12.4. The highest BCUT2D eigenvalue weighted by molar-refractivity contribution is 5.92. The molecular weight excluding hydrogens is 338 g/mol. The summed E-state index contributed by atoms with van der Waals surface area (Å²) < 4.78 is 5.47. The lowest BCUT2D eigenvalue weighted by Crippen LogP contribution is -2.47. The van der Waals surface area contributed by atoms with Gasteiger partial charge < -0.3 is 15.0 Å². The summed E-state index contributed by atoms with van der Waals surface area (Å²) in [4.78, 5) is 17.1. The normalized spacial score (nSPS) is 14.9. The van der Waals surface area contributed by atoms with Crippen LogP contribution in [0.4, 0.5) is 11.4 Å². The van der Waals surface area contributed by atoms with E-state index in [1.54, 1.807) is 7.11 Å². The van der Waals surface area contributed by atoms with E-state index in [9.17, 15) is 4.79 Å². The number of hydrogen-bond acceptors (Lipinski definition) is 4. The highest BCUT2D eigenvalue weighted by Crippen LogP contribution is 2.28. The highest BCUT2D eigenvalue weighted by atomic mass is 16.5. The number of hydrogen-bond donors (Lipinski definition) is 1. The minimum absolute atomic E-state index is 0.0829. The molecule has 1 heterocycles. The first-order chi connectivity index (χ1) is 13.1. The second-order valence-corrected chi connectivity index (χ2v) is 7.07. The number of para-hydroxylation sites is 3. The van der Waals surface area contributed by atoms with Crippen LogP contribution >= 0.6 is 0 Å². The van der Waals surface area contributed by atoms with Crippen LogP contribution in [0.3, 0.4) is 0 Å². The van der Waals surface area contributed by atoms with Crippen molar-refractivity contribution in [2.75, 3.05) is 50.1 Å². The van der Waals surface area contributed by atoms with Gasteiger partial charge in [0.05, 0.1) is 12.8 Å². The summed E-state index contributed by atoms with van der Waals surface area (Å²) >= 11 is 0. The topological polar surface area (TPSA) is 44.8 Å². The lowest BCUT2D eigenvalue weighted by atomic mass is 10.1. The van der Waals surface area contributed by atoms with Crippen molar-refractivity contribution in [1.29, 1.82) is 0 Å². The molecule has 0 aromatic heterocycles. The lowest BCUT2D eigenvalue weighted by molar-refractivity contribution is -0.116. The van der Waals surface area contributed by atoms with Crippen molar-refractivity contribution in [3.05, 3.63) is 53.6 Å². The minimum Gasteiger partial charge on any atom is -0.495 e. The van der Waals surface area contributed by atoms with Gasteiger partial charge in [-0.15, -0.1) is 0 Å². The van der Waals surface area contributed by atoms with E-state index in [0.29, 0.717) is 6.42 Å². The monoisotopic (exact) mass is 367 g/mol. The second-order valence-electron chi connectivity index (χ2n) is 7.07. The third-order valence-electron chi connectivity index (χ3n) is 5.20. The molecule has 0 spiro atoms. The van der Waals surface area contributed by atoms with Crippen LogP contribution < -0.4 is 15.0 Å². The molecule has 0 unspecified atom stereocenters. The Bertz CT molecular complexity index is 763. The molecule has 144 valence electrons. The van der Waals surface area contributed by atoms with Gasteiger partial charge in [0.25, 0.3) is 0 Å². The summed E-state index contributed by atoms with van der Waals surface area (Å²) in [6.45, 7) is 8.64. The number of anilines is 2. The van der Waals surface area contributed by atoms with Crippen molar-refractivity contribution < 1.29 is 9.53 Å². The zero-order chi connectivity index (χ0) is 19.2. The zero-order valence-corrected chi connectivity index (χ0v) is 16.5. The van der Waals surface area contributed by atoms with Crippen molar-refractivity contribution in [1.82, 2.24) is 4.90 Å². The molecular formula is C22H29N3O2. The molecule has 0 radical (unpaired) electrons. The Morgan fingerprint density at radius 2 is 1.67 bits per heavy atom. The van der Waals surface area contributed by atoms with E-state index in [-0.39, 0.29) is 5.91 Å². The van der Waals surface area contributed by atoms with E-state index in [2.05, 4.69) is 21.2 Å². The Labute approximate surface area is 161 Å². The SMILES string of the molecule is COc1ccccc1N1CCN(CCC(=O)Nc2c(C)cccc2C)CC1. The molecule has 1 aliphatic heterocycles. The standard InChI is InChI=1S/C22H29N3O2/c1-17-7-6-8-18(2)22(17)23-21(26)11-12-24-13-15-25(16-14-24)19-9-4-5-10-20(19)27-3/h4-10H,11-16H2,1-3H3,(H,23,26). The summed E-state index contributed by atoms with van der Waals surface area (Å²) in [5.41, 5.74) is 4.30. The van der Waals surface area contributed by atoms with E-state index in [1.807, 2.05) is 50.2 Å². The predicted octanol–water partition coefficient (Wildman–Crippen LogP) is 3.46. The van der Waals surface area contributed by atoms with Crippen molar-refractivity contribution >= 4 is 17.3 Å². The number of carbonyl (C=O) groups excluding carboxylic acids is 1. The van der Waals surface area contributed by atoms with Crippen LogP contribution in [0.2, 0.25) is 0 Å². The van der Waals surface area contributed by atoms with Gasteiger partial charge in [0.2, 0.25) is 5.91 Å². The molecule has 27 heavy (non-hydrogen) atoms. The minimum atomic E-state index is 0.0829. The Morgan fingerprint density at radius 3 is 2.33 bits per heavy atom. The van der Waals surface area contributed by atoms with Gasteiger partial charge >= 0.3 is 0 Å². The molecule has 0 saturated carbocycles. The van der Waals surface area contributed by atoms with Gasteiger partial charge in [0.1, 0.15) is 5.75 Å². The van der Waals surface area contributed by atoms with E-state index < -0.39 is 0 Å². The largest absolute Gasteiger partial charge is 0.495 e. The summed E-state index contributed by atoms with van der Waals surface area (Å²) in [5, 5.41) is 3.08. The Morgan fingerprint density at radius 1 is 1.00 bits per heavy atom. The number of piperazine rings is 1. The smallest absolute Gasteiger partial charge is 0.225 e. The van der Waals surface area contributed by atoms with Crippen LogP contribution in [0.1, 0.15) is 17.5 Å².